The minimum absolute atomic E-state index is 0.0735. The standard InChI is InChI=1S/C15H26N2O3S/c1-4-10-16-11-12-20-14-6-8-15(9-7-14)21(18,19)17-13(3)5-2/h6-9,13,16-17H,4-5,10-12H2,1-3H3. The van der Waals surface area contributed by atoms with Crippen LogP contribution in [0.25, 0.3) is 0 Å². The van der Waals surface area contributed by atoms with Gasteiger partial charge in [0.1, 0.15) is 12.4 Å². The molecular formula is C15H26N2O3S. The fourth-order valence-electron chi connectivity index (χ4n) is 1.67. The van der Waals surface area contributed by atoms with Crippen LogP contribution < -0.4 is 14.8 Å². The molecule has 0 aliphatic heterocycles. The van der Waals surface area contributed by atoms with Gasteiger partial charge in [0, 0.05) is 12.6 Å². The van der Waals surface area contributed by atoms with Crippen LogP contribution in [0.2, 0.25) is 0 Å². The molecule has 0 heterocycles. The van der Waals surface area contributed by atoms with Crippen molar-refractivity contribution in [3.05, 3.63) is 24.3 Å². The van der Waals surface area contributed by atoms with Gasteiger partial charge >= 0.3 is 0 Å². The Hall–Kier alpha value is -1.11. The van der Waals surface area contributed by atoms with Gasteiger partial charge in [-0.25, -0.2) is 13.1 Å². The van der Waals surface area contributed by atoms with Crippen molar-refractivity contribution in [1.82, 2.24) is 10.0 Å². The lowest BCUT2D eigenvalue weighted by Gasteiger charge is -2.12. The molecule has 0 spiro atoms. The van der Waals surface area contributed by atoms with Crippen LogP contribution in [0.1, 0.15) is 33.6 Å². The van der Waals surface area contributed by atoms with Crippen LogP contribution >= 0.6 is 0 Å². The highest BCUT2D eigenvalue weighted by Gasteiger charge is 2.16. The molecule has 0 saturated heterocycles. The van der Waals surface area contributed by atoms with Crippen LogP contribution in [-0.4, -0.2) is 34.2 Å². The Balaban J connectivity index is 2.53. The Kier molecular flexibility index (Phi) is 7.71. The number of hydrogen-bond donors (Lipinski definition) is 2. The summed E-state index contributed by atoms with van der Waals surface area (Å²) in [6.07, 6.45) is 1.85. The van der Waals surface area contributed by atoms with Gasteiger partial charge in [-0.2, -0.15) is 0 Å². The smallest absolute Gasteiger partial charge is 0.240 e. The van der Waals surface area contributed by atoms with Gasteiger partial charge in [-0.3, -0.25) is 0 Å². The second-order valence-electron chi connectivity index (χ2n) is 5.00. The maximum Gasteiger partial charge on any atom is 0.240 e. The minimum atomic E-state index is -3.44. The maximum absolute atomic E-state index is 12.1. The Morgan fingerprint density at radius 1 is 1.14 bits per heavy atom. The van der Waals surface area contributed by atoms with E-state index in [0.29, 0.717) is 12.4 Å². The summed E-state index contributed by atoms with van der Waals surface area (Å²) in [5.74, 6) is 0.677. The predicted octanol–water partition coefficient (Wildman–Crippen LogP) is 2.14. The highest BCUT2D eigenvalue weighted by atomic mass is 32.2. The normalized spacial score (nSPS) is 13.1. The fourth-order valence-corrected chi connectivity index (χ4v) is 3.00. The number of benzene rings is 1. The van der Waals surface area contributed by atoms with Crippen LogP contribution in [0.4, 0.5) is 0 Å². The third-order valence-corrected chi connectivity index (χ3v) is 4.68. The maximum atomic E-state index is 12.1. The van der Waals surface area contributed by atoms with Crippen LogP contribution in [0.5, 0.6) is 5.75 Å². The van der Waals surface area contributed by atoms with Crippen LogP contribution in [0.15, 0.2) is 29.2 Å². The van der Waals surface area contributed by atoms with E-state index in [9.17, 15) is 8.42 Å². The molecule has 21 heavy (non-hydrogen) atoms. The Labute approximate surface area is 128 Å². The number of hydrogen-bond acceptors (Lipinski definition) is 4. The van der Waals surface area contributed by atoms with E-state index in [2.05, 4.69) is 17.0 Å². The predicted molar refractivity (Wildman–Crippen MR) is 85.2 cm³/mol. The van der Waals surface area contributed by atoms with Crippen LogP contribution in [0, 0.1) is 0 Å². The van der Waals surface area contributed by atoms with Crippen molar-refractivity contribution in [3.63, 3.8) is 0 Å². The first-order valence-corrected chi connectivity index (χ1v) is 8.93. The summed E-state index contributed by atoms with van der Waals surface area (Å²) < 4.78 is 32.3. The molecule has 0 aliphatic rings. The average molecular weight is 314 g/mol. The lowest BCUT2D eigenvalue weighted by molar-refractivity contribution is 0.314. The molecule has 0 saturated carbocycles. The SMILES string of the molecule is CCCNCCOc1ccc(S(=O)(=O)NC(C)CC)cc1. The molecule has 1 unspecified atom stereocenters. The van der Waals surface area contributed by atoms with E-state index < -0.39 is 10.0 Å². The summed E-state index contributed by atoms with van der Waals surface area (Å²) in [7, 11) is -3.44. The van der Waals surface area contributed by atoms with Gasteiger partial charge in [0.05, 0.1) is 4.90 Å². The summed E-state index contributed by atoms with van der Waals surface area (Å²) in [5.41, 5.74) is 0. The zero-order valence-electron chi connectivity index (χ0n) is 13.1. The summed E-state index contributed by atoms with van der Waals surface area (Å²) >= 11 is 0. The van der Waals surface area contributed by atoms with Crippen molar-refractivity contribution in [2.45, 2.75) is 44.6 Å². The number of nitrogens with one attached hydrogen (secondary N) is 2. The fraction of sp³-hybridized carbons (Fsp3) is 0.600. The lowest BCUT2D eigenvalue weighted by atomic mass is 10.3. The number of ether oxygens (including phenoxy) is 1. The van der Waals surface area contributed by atoms with Crippen LogP contribution in [-0.2, 0) is 10.0 Å². The Morgan fingerprint density at radius 3 is 2.38 bits per heavy atom. The third kappa shape index (κ3) is 6.46. The van der Waals surface area contributed by atoms with Crippen molar-refractivity contribution >= 4 is 10.0 Å². The van der Waals surface area contributed by atoms with E-state index in [1.165, 1.54) is 0 Å². The first-order valence-electron chi connectivity index (χ1n) is 7.45. The van der Waals surface area contributed by atoms with E-state index in [0.717, 1.165) is 25.9 Å². The molecule has 2 N–H and O–H groups in total. The van der Waals surface area contributed by atoms with E-state index in [4.69, 9.17) is 4.74 Å². The second-order valence-corrected chi connectivity index (χ2v) is 6.71. The van der Waals surface area contributed by atoms with E-state index >= 15 is 0 Å². The summed E-state index contributed by atoms with van der Waals surface area (Å²) in [4.78, 5) is 0.263. The van der Waals surface area contributed by atoms with Crippen molar-refractivity contribution in [1.29, 1.82) is 0 Å². The van der Waals surface area contributed by atoms with Crippen molar-refractivity contribution in [3.8, 4) is 5.75 Å². The Morgan fingerprint density at radius 2 is 1.81 bits per heavy atom. The van der Waals surface area contributed by atoms with Crippen molar-refractivity contribution in [2.24, 2.45) is 0 Å². The molecule has 0 bridgehead atoms. The minimum Gasteiger partial charge on any atom is -0.492 e. The van der Waals surface area contributed by atoms with E-state index in [-0.39, 0.29) is 10.9 Å². The van der Waals surface area contributed by atoms with Crippen molar-refractivity contribution < 1.29 is 13.2 Å². The van der Waals surface area contributed by atoms with Gasteiger partial charge in [-0.1, -0.05) is 13.8 Å². The molecule has 1 atom stereocenters. The second kappa shape index (κ2) is 9.02. The van der Waals surface area contributed by atoms with Crippen molar-refractivity contribution in [2.75, 3.05) is 19.7 Å². The first-order chi connectivity index (χ1) is 9.99. The molecule has 1 aromatic rings. The molecule has 6 heteroatoms. The first kappa shape index (κ1) is 17.9. The van der Waals surface area contributed by atoms with Gasteiger partial charge in [0.25, 0.3) is 0 Å². The summed E-state index contributed by atoms with van der Waals surface area (Å²) in [6.45, 7) is 8.22. The zero-order valence-corrected chi connectivity index (χ0v) is 13.9. The molecule has 5 nitrogen and oxygen atoms in total. The monoisotopic (exact) mass is 314 g/mol. The van der Waals surface area contributed by atoms with Gasteiger partial charge in [-0.15, -0.1) is 0 Å². The molecule has 1 aromatic carbocycles. The molecule has 0 amide bonds. The topological polar surface area (TPSA) is 67.4 Å². The molecule has 0 aromatic heterocycles. The van der Waals surface area contributed by atoms with E-state index in [1.807, 2.05) is 13.8 Å². The zero-order chi connectivity index (χ0) is 15.7. The Bertz CT molecular complexity index is 500. The molecule has 1 rings (SSSR count). The highest BCUT2D eigenvalue weighted by Crippen LogP contribution is 2.16. The van der Waals surface area contributed by atoms with Gasteiger partial charge < -0.3 is 10.1 Å². The van der Waals surface area contributed by atoms with Crippen LogP contribution in [0.3, 0.4) is 0 Å². The number of rotatable bonds is 10. The van der Waals surface area contributed by atoms with Gasteiger partial charge in [0.15, 0.2) is 0 Å². The number of sulfonamides is 1. The molecule has 120 valence electrons. The average Bonchev–Trinajstić information content (AvgIpc) is 2.47. The van der Waals surface area contributed by atoms with Gasteiger partial charge in [0.2, 0.25) is 10.0 Å². The largest absolute Gasteiger partial charge is 0.492 e. The lowest BCUT2D eigenvalue weighted by Crippen LogP contribution is -2.31. The molecule has 0 fully saturated rings. The highest BCUT2D eigenvalue weighted by molar-refractivity contribution is 7.89. The summed E-state index contributed by atoms with van der Waals surface area (Å²) in [6, 6.07) is 6.44. The molecular weight excluding hydrogens is 288 g/mol. The van der Waals surface area contributed by atoms with Gasteiger partial charge in [-0.05, 0) is 50.6 Å². The van der Waals surface area contributed by atoms with E-state index in [1.54, 1.807) is 24.3 Å². The molecule has 0 radical (unpaired) electrons. The quantitative estimate of drug-likeness (QED) is 0.649. The third-order valence-electron chi connectivity index (χ3n) is 3.08. The summed E-state index contributed by atoms with van der Waals surface area (Å²) in [5, 5.41) is 3.24. The molecule has 0 aliphatic carbocycles.